The van der Waals surface area contributed by atoms with Crippen molar-refractivity contribution in [3.05, 3.63) is 83.6 Å². The number of phenols is 1. The van der Waals surface area contributed by atoms with Gasteiger partial charge in [0.05, 0.1) is 0 Å². The summed E-state index contributed by atoms with van der Waals surface area (Å²) in [5.41, 5.74) is 1.90. The fourth-order valence-corrected chi connectivity index (χ4v) is 6.37. The molecule has 3 heterocycles. The number of aromatic hydroxyl groups is 1. The number of piperidine rings is 1. The van der Waals surface area contributed by atoms with Gasteiger partial charge in [0.25, 0.3) is 0 Å². The number of furan rings is 1. The molecule has 2 aliphatic rings. The van der Waals surface area contributed by atoms with E-state index >= 15 is 0 Å². The summed E-state index contributed by atoms with van der Waals surface area (Å²) in [6, 6.07) is 19.6. The molecule has 2 fully saturated rings. The molecular formula is C33H39N7O4. The Labute approximate surface area is 256 Å². The van der Waals surface area contributed by atoms with Gasteiger partial charge in [-0.05, 0) is 73.2 Å². The van der Waals surface area contributed by atoms with Gasteiger partial charge in [-0.15, -0.1) is 10.2 Å². The van der Waals surface area contributed by atoms with Crippen molar-refractivity contribution in [2.24, 2.45) is 0 Å². The predicted octanol–water partition coefficient (Wildman–Crippen LogP) is 4.24. The molecule has 2 aromatic heterocycles. The molecule has 0 bridgehead atoms. The van der Waals surface area contributed by atoms with E-state index in [1.54, 1.807) is 35.2 Å². The first-order valence-corrected chi connectivity index (χ1v) is 15.4. The highest BCUT2D eigenvalue weighted by Gasteiger charge is 2.39. The number of aromatic nitrogens is 4. The molecule has 1 aliphatic heterocycles. The quantitative estimate of drug-likeness (QED) is 0.278. The Morgan fingerprint density at radius 1 is 1.00 bits per heavy atom. The fraction of sp³-hybridized carbons (Fsp3) is 0.424. The SMILES string of the molecule is Cc1ccc(-c2nnn(CC(=O)N(C3CCN(Cc4ccccc4)CC3)C(C(=O)NC3CCCC3)c3ccc(O)cc3)n2)o1. The number of nitrogens with zero attached hydrogens (tertiary/aromatic N) is 6. The first-order chi connectivity index (χ1) is 21.4. The molecule has 2 N–H and O–H groups in total. The second-order valence-electron chi connectivity index (χ2n) is 11.8. The highest BCUT2D eigenvalue weighted by Crippen LogP contribution is 2.31. The molecule has 0 radical (unpaired) electrons. The van der Waals surface area contributed by atoms with Crippen molar-refractivity contribution >= 4 is 11.8 Å². The average Bonchev–Trinajstić information content (AvgIpc) is 3.81. The molecule has 4 aromatic rings. The molecule has 1 unspecified atom stereocenters. The number of amides is 2. The zero-order valence-electron chi connectivity index (χ0n) is 25.0. The van der Waals surface area contributed by atoms with Crippen LogP contribution in [-0.4, -0.2) is 72.1 Å². The highest BCUT2D eigenvalue weighted by molar-refractivity contribution is 5.89. The number of carbonyl (C=O) groups excluding carboxylic acids is 2. The highest BCUT2D eigenvalue weighted by atomic mass is 16.3. The van der Waals surface area contributed by atoms with Crippen molar-refractivity contribution < 1.29 is 19.1 Å². The summed E-state index contributed by atoms with van der Waals surface area (Å²) in [5.74, 6) is 1.11. The smallest absolute Gasteiger partial charge is 0.247 e. The Hall–Kier alpha value is -4.51. The molecule has 11 nitrogen and oxygen atoms in total. The number of likely N-dealkylation sites (tertiary alicyclic amines) is 1. The Balaban J connectivity index is 1.27. The lowest BCUT2D eigenvalue weighted by Gasteiger charge is -2.42. The maximum Gasteiger partial charge on any atom is 0.247 e. The van der Waals surface area contributed by atoms with E-state index in [9.17, 15) is 14.7 Å². The monoisotopic (exact) mass is 597 g/mol. The maximum atomic E-state index is 14.3. The number of aryl methyl sites for hydroxylation is 1. The Bertz CT molecular complexity index is 1540. The molecule has 0 spiro atoms. The van der Waals surface area contributed by atoms with Crippen LogP contribution in [0.1, 0.15) is 61.5 Å². The van der Waals surface area contributed by atoms with E-state index < -0.39 is 6.04 Å². The van der Waals surface area contributed by atoms with E-state index in [1.807, 2.05) is 31.2 Å². The molecule has 2 aromatic carbocycles. The van der Waals surface area contributed by atoms with Crippen LogP contribution in [0.25, 0.3) is 11.6 Å². The maximum absolute atomic E-state index is 14.3. The summed E-state index contributed by atoms with van der Waals surface area (Å²) >= 11 is 0. The minimum Gasteiger partial charge on any atom is -0.508 e. The first-order valence-electron chi connectivity index (χ1n) is 15.4. The van der Waals surface area contributed by atoms with Gasteiger partial charge < -0.3 is 19.7 Å². The van der Waals surface area contributed by atoms with Crippen molar-refractivity contribution in [1.82, 2.24) is 35.3 Å². The van der Waals surface area contributed by atoms with Crippen molar-refractivity contribution in [3.63, 3.8) is 0 Å². The van der Waals surface area contributed by atoms with Crippen molar-refractivity contribution in [2.75, 3.05) is 13.1 Å². The number of hydrogen-bond donors (Lipinski definition) is 2. The normalized spacial score (nSPS) is 17.0. The van der Waals surface area contributed by atoms with Crippen LogP contribution in [0.15, 0.2) is 71.1 Å². The second kappa shape index (κ2) is 13.4. The number of nitrogens with one attached hydrogen (secondary N) is 1. The number of rotatable bonds is 10. The van der Waals surface area contributed by atoms with Gasteiger partial charge in [0.2, 0.25) is 17.6 Å². The van der Waals surface area contributed by atoms with Crippen molar-refractivity contribution in [1.29, 1.82) is 0 Å². The van der Waals surface area contributed by atoms with Crippen LogP contribution in [0.2, 0.25) is 0 Å². The number of hydrogen-bond acceptors (Lipinski definition) is 8. The third kappa shape index (κ3) is 6.99. The molecule has 6 rings (SSSR count). The van der Waals surface area contributed by atoms with Crippen LogP contribution in [0.3, 0.4) is 0 Å². The van der Waals surface area contributed by atoms with Crippen LogP contribution in [-0.2, 0) is 22.7 Å². The van der Waals surface area contributed by atoms with E-state index in [-0.39, 0.29) is 36.2 Å². The van der Waals surface area contributed by atoms with Crippen LogP contribution < -0.4 is 5.32 Å². The van der Waals surface area contributed by atoms with E-state index in [0.29, 0.717) is 30.0 Å². The standard InChI is InChI=1S/C33H39N7O4/c1-23-11-16-29(44-23)32-35-37-39(36-32)22-30(42)40(27-17-19-38(20-18-27)21-24-7-3-2-4-8-24)31(25-12-14-28(41)15-13-25)33(43)34-26-9-5-6-10-26/h2-4,7-8,11-16,26-27,31,41H,5-6,9-10,17-22H2,1H3,(H,34,43). The summed E-state index contributed by atoms with van der Waals surface area (Å²) in [6.45, 7) is 4.07. The van der Waals surface area contributed by atoms with Gasteiger partial charge in [0.1, 0.15) is 24.1 Å². The Morgan fingerprint density at radius 2 is 1.73 bits per heavy atom. The third-order valence-electron chi connectivity index (χ3n) is 8.61. The van der Waals surface area contributed by atoms with Gasteiger partial charge in [-0.1, -0.05) is 55.3 Å². The van der Waals surface area contributed by atoms with Crippen LogP contribution in [0.5, 0.6) is 5.75 Å². The zero-order chi connectivity index (χ0) is 30.5. The van der Waals surface area contributed by atoms with Crippen molar-refractivity contribution in [2.45, 2.75) is 76.7 Å². The van der Waals surface area contributed by atoms with Crippen LogP contribution >= 0.6 is 0 Å². The minimum absolute atomic E-state index is 0.0862. The molecular weight excluding hydrogens is 558 g/mol. The van der Waals surface area contributed by atoms with Crippen LogP contribution in [0.4, 0.5) is 0 Å². The topological polar surface area (TPSA) is 130 Å². The lowest BCUT2D eigenvalue weighted by Crippen LogP contribution is -2.54. The summed E-state index contributed by atoms with van der Waals surface area (Å²) < 4.78 is 5.63. The van der Waals surface area contributed by atoms with E-state index in [4.69, 9.17) is 4.42 Å². The number of benzene rings is 2. The molecule has 1 saturated heterocycles. The molecule has 2 amide bonds. The van der Waals surface area contributed by atoms with Gasteiger partial charge in [0.15, 0.2) is 5.76 Å². The summed E-state index contributed by atoms with van der Waals surface area (Å²) in [4.78, 5) is 33.8. The fourth-order valence-electron chi connectivity index (χ4n) is 6.37. The molecule has 1 aliphatic carbocycles. The average molecular weight is 598 g/mol. The Morgan fingerprint density at radius 3 is 2.41 bits per heavy atom. The molecule has 11 heteroatoms. The van der Waals surface area contributed by atoms with Gasteiger partial charge in [-0.2, -0.15) is 4.80 Å². The lowest BCUT2D eigenvalue weighted by atomic mass is 9.96. The van der Waals surface area contributed by atoms with E-state index in [0.717, 1.165) is 51.1 Å². The van der Waals surface area contributed by atoms with E-state index in [2.05, 4.69) is 37.8 Å². The zero-order valence-corrected chi connectivity index (χ0v) is 25.0. The van der Waals surface area contributed by atoms with Gasteiger partial charge in [0, 0.05) is 31.7 Å². The lowest BCUT2D eigenvalue weighted by molar-refractivity contribution is -0.146. The second-order valence-corrected chi connectivity index (χ2v) is 11.8. The number of phenolic OH excluding ortho intramolecular Hbond substituents is 1. The molecule has 44 heavy (non-hydrogen) atoms. The van der Waals surface area contributed by atoms with Gasteiger partial charge in [-0.25, -0.2) is 0 Å². The number of tetrazole rings is 1. The molecule has 1 saturated carbocycles. The Kier molecular flexibility index (Phi) is 9.02. The van der Waals surface area contributed by atoms with E-state index in [1.165, 1.54) is 10.4 Å². The summed E-state index contributed by atoms with van der Waals surface area (Å²) in [5, 5.41) is 25.9. The van der Waals surface area contributed by atoms with Gasteiger partial charge in [-0.3, -0.25) is 14.5 Å². The predicted molar refractivity (Wildman–Crippen MR) is 163 cm³/mol. The van der Waals surface area contributed by atoms with Crippen LogP contribution in [0, 0.1) is 6.92 Å². The number of carbonyl (C=O) groups is 2. The van der Waals surface area contributed by atoms with Crippen molar-refractivity contribution in [3.8, 4) is 17.3 Å². The largest absolute Gasteiger partial charge is 0.508 e. The molecule has 1 atom stereocenters. The minimum atomic E-state index is -0.870. The van der Waals surface area contributed by atoms with Gasteiger partial charge >= 0.3 is 0 Å². The summed E-state index contributed by atoms with van der Waals surface area (Å²) in [7, 11) is 0. The first kappa shape index (κ1) is 29.6. The third-order valence-corrected chi connectivity index (χ3v) is 8.61. The summed E-state index contributed by atoms with van der Waals surface area (Å²) in [6.07, 6.45) is 5.44. The molecule has 230 valence electrons.